The van der Waals surface area contributed by atoms with E-state index in [1.165, 1.54) is 7.11 Å². The number of hydrogen-bond donors (Lipinski definition) is 2. The third-order valence-electron chi connectivity index (χ3n) is 2.79. The van der Waals surface area contributed by atoms with Crippen molar-refractivity contribution in [2.24, 2.45) is 0 Å². The van der Waals surface area contributed by atoms with Gasteiger partial charge in [0.1, 0.15) is 0 Å². The smallest absolute Gasteiger partial charge is 0.307 e. The van der Waals surface area contributed by atoms with Gasteiger partial charge in [0.15, 0.2) is 0 Å². The van der Waals surface area contributed by atoms with Crippen LogP contribution in [0.5, 0.6) is 0 Å². The van der Waals surface area contributed by atoms with Crippen molar-refractivity contribution in [1.82, 2.24) is 5.32 Å². The molecule has 5 nitrogen and oxygen atoms in total. The first-order valence-electron chi connectivity index (χ1n) is 6.64. The summed E-state index contributed by atoms with van der Waals surface area (Å²) in [5.41, 5.74) is 2.24. The summed E-state index contributed by atoms with van der Waals surface area (Å²) in [5.74, 6) is 5.19. The van der Waals surface area contributed by atoms with Crippen molar-refractivity contribution in [1.29, 1.82) is 0 Å². The molecule has 0 radical (unpaired) electrons. The van der Waals surface area contributed by atoms with E-state index in [1.807, 2.05) is 6.92 Å². The molecule has 0 aliphatic heterocycles. The van der Waals surface area contributed by atoms with Gasteiger partial charge in [0.05, 0.1) is 20.1 Å². The summed E-state index contributed by atoms with van der Waals surface area (Å²) in [4.78, 5) is 22.9. The highest BCUT2D eigenvalue weighted by Crippen LogP contribution is 2.10. The van der Waals surface area contributed by atoms with Crippen molar-refractivity contribution >= 4 is 11.9 Å². The van der Waals surface area contributed by atoms with Crippen LogP contribution in [-0.2, 0) is 9.53 Å². The molecule has 0 heterocycles. The van der Waals surface area contributed by atoms with Crippen LogP contribution in [0.1, 0.15) is 34.3 Å². The van der Waals surface area contributed by atoms with Crippen molar-refractivity contribution in [3.8, 4) is 11.8 Å². The number of aryl methyl sites for hydroxylation is 1. The standard InChI is InChI=1S/C16H19NO4/c1-12-11-14(7-6-13(12)5-3-4-10-18)16(20)17-9-8-15(19)21-2/h6-7,11,18H,4,8-10H2,1-2H3,(H,17,20). The molecule has 1 aromatic carbocycles. The highest BCUT2D eigenvalue weighted by molar-refractivity contribution is 5.94. The van der Waals surface area contributed by atoms with Crippen molar-refractivity contribution in [2.75, 3.05) is 20.3 Å². The molecular formula is C16H19NO4. The average molecular weight is 289 g/mol. The normalized spacial score (nSPS) is 9.48. The molecule has 0 bridgehead atoms. The molecule has 21 heavy (non-hydrogen) atoms. The van der Waals surface area contributed by atoms with Crippen LogP contribution in [0.3, 0.4) is 0 Å². The fourth-order valence-electron chi connectivity index (χ4n) is 1.64. The topological polar surface area (TPSA) is 75.6 Å². The predicted molar refractivity (Wildman–Crippen MR) is 78.7 cm³/mol. The molecule has 0 spiro atoms. The van der Waals surface area contributed by atoms with Gasteiger partial charge in [-0.25, -0.2) is 0 Å². The molecule has 0 fully saturated rings. The van der Waals surface area contributed by atoms with Crippen molar-refractivity contribution in [3.63, 3.8) is 0 Å². The summed E-state index contributed by atoms with van der Waals surface area (Å²) in [7, 11) is 1.31. The average Bonchev–Trinajstić information content (AvgIpc) is 2.48. The molecule has 112 valence electrons. The van der Waals surface area contributed by atoms with Crippen LogP contribution in [0.2, 0.25) is 0 Å². The first kappa shape index (κ1) is 16.7. The molecule has 0 aromatic heterocycles. The first-order valence-corrected chi connectivity index (χ1v) is 6.64. The van der Waals surface area contributed by atoms with E-state index in [1.54, 1.807) is 18.2 Å². The van der Waals surface area contributed by atoms with E-state index in [0.717, 1.165) is 11.1 Å². The third-order valence-corrected chi connectivity index (χ3v) is 2.79. The molecule has 1 amide bonds. The molecule has 0 saturated carbocycles. The van der Waals surface area contributed by atoms with Crippen LogP contribution in [-0.4, -0.2) is 37.2 Å². The van der Waals surface area contributed by atoms with Crippen LogP contribution < -0.4 is 5.32 Å². The van der Waals surface area contributed by atoms with Gasteiger partial charge in [-0.3, -0.25) is 9.59 Å². The molecule has 0 unspecified atom stereocenters. The van der Waals surface area contributed by atoms with E-state index >= 15 is 0 Å². The lowest BCUT2D eigenvalue weighted by atomic mass is 10.0. The maximum absolute atomic E-state index is 11.9. The van der Waals surface area contributed by atoms with Gasteiger partial charge in [0, 0.05) is 24.1 Å². The van der Waals surface area contributed by atoms with E-state index in [0.29, 0.717) is 12.0 Å². The zero-order valence-corrected chi connectivity index (χ0v) is 12.2. The summed E-state index contributed by atoms with van der Waals surface area (Å²) in [6, 6.07) is 5.20. The molecule has 0 aliphatic carbocycles. The minimum Gasteiger partial charge on any atom is -0.469 e. The molecule has 0 atom stereocenters. The second kappa shape index (κ2) is 8.77. The number of carbonyl (C=O) groups excluding carboxylic acids is 2. The molecule has 1 rings (SSSR count). The van der Waals surface area contributed by atoms with Gasteiger partial charge in [-0.2, -0.15) is 0 Å². The van der Waals surface area contributed by atoms with E-state index in [9.17, 15) is 9.59 Å². The Morgan fingerprint density at radius 2 is 2.14 bits per heavy atom. The van der Waals surface area contributed by atoms with Gasteiger partial charge >= 0.3 is 5.97 Å². The summed E-state index contributed by atoms with van der Waals surface area (Å²) < 4.78 is 4.50. The van der Waals surface area contributed by atoms with Crippen LogP contribution in [0.25, 0.3) is 0 Å². The number of ether oxygens (including phenoxy) is 1. The molecule has 5 heteroatoms. The number of aliphatic hydroxyl groups is 1. The second-order valence-corrected chi connectivity index (χ2v) is 4.39. The molecule has 1 aromatic rings. The zero-order chi connectivity index (χ0) is 15.7. The fourth-order valence-corrected chi connectivity index (χ4v) is 1.64. The fraction of sp³-hybridized carbons (Fsp3) is 0.375. The SMILES string of the molecule is COC(=O)CCNC(=O)c1ccc(C#CCCO)c(C)c1. The third kappa shape index (κ3) is 5.67. The Morgan fingerprint density at radius 1 is 1.38 bits per heavy atom. The Labute approximate surface area is 124 Å². The number of methoxy groups -OCH3 is 1. The molecule has 0 saturated heterocycles. The number of benzene rings is 1. The minimum atomic E-state index is -0.360. The van der Waals surface area contributed by atoms with Gasteiger partial charge in [-0.15, -0.1) is 0 Å². The van der Waals surface area contributed by atoms with Gasteiger partial charge in [0.25, 0.3) is 5.91 Å². The summed E-state index contributed by atoms with van der Waals surface area (Å²) >= 11 is 0. The molecular weight excluding hydrogens is 270 g/mol. The Kier molecular flexibility index (Phi) is 6.99. The van der Waals surface area contributed by atoms with Crippen LogP contribution >= 0.6 is 0 Å². The number of carbonyl (C=O) groups is 2. The summed E-state index contributed by atoms with van der Waals surface area (Å²) in [5, 5.41) is 11.3. The Balaban J connectivity index is 2.64. The number of amides is 1. The predicted octanol–water partition coefficient (Wildman–Crippen LogP) is 1.02. The zero-order valence-electron chi connectivity index (χ0n) is 12.2. The van der Waals surface area contributed by atoms with Crippen LogP contribution in [0.4, 0.5) is 0 Å². The van der Waals surface area contributed by atoms with Gasteiger partial charge < -0.3 is 15.2 Å². The monoisotopic (exact) mass is 289 g/mol. The van der Waals surface area contributed by atoms with Crippen LogP contribution in [0.15, 0.2) is 18.2 Å². The van der Waals surface area contributed by atoms with E-state index in [2.05, 4.69) is 21.9 Å². The largest absolute Gasteiger partial charge is 0.469 e. The maximum Gasteiger partial charge on any atom is 0.307 e. The van der Waals surface area contributed by atoms with Crippen molar-refractivity contribution < 1.29 is 19.4 Å². The number of rotatable bonds is 5. The van der Waals surface area contributed by atoms with Crippen molar-refractivity contribution in [3.05, 3.63) is 34.9 Å². The lowest BCUT2D eigenvalue weighted by molar-refractivity contribution is -0.140. The van der Waals surface area contributed by atoms with E-state index in [-0.39, 0.29) is 31.4 Å². The Morgan fingerprint density at radius 3 is 2.76 bits per heavy atom. The highest BCUT2D eigenvalue weighted by Gasteiger charge is 2.08. The van der Waals surface area contributed by atoms with Gasteiger partial charge in [-0.05, 0) is 30.7 Å². The number of esters is 1. The first-order chi connectivity index (χ1) is 10.1. The summed E-state index contributed by atoms with van der Waals surface area (Å²) in [6.07, 6.45) is 0.571. The van der Waals surface area contributed by atoms with E-state index < -0.39 is 0 Å². The van der Waals surface area contributed by atoms with E-state index in [4.69, 9.17) is 5.11 Å². The van der Waals surface area contributed by atoms with Crippen molar-refractivity contribution in [2.45, 2.75) is 19.8 Å². The lowest BCUT2D eigenvalue weighted by Crippen LogP contribution is -2.26. The van der Waals surface area contributed by atoms with Gasteiger partial charge in [-0.1, -0.05) is 11.8 Å². The van der Waals surface area contributed by atoms with Gasteiger partial charge in [0.2, 0.25) is 0 Å². The quantitative estimate of drug-likeness (QED) is 0.627. The number of aliphatic hydroxyl groups excluding tert-OH is 1. The molecule has 2 N–H and O–H groups in total. The minimum absolute atomic E-state index is 0.0345. The lowest BCUT2D eigenvalue weighted by Gasteiger charge is -2.06. The number of nitrogens with one attached hydrogen (secondary N) is 1. The Bertz CT molecular complexity index is 569. The Hall–Kier alpha value is -2.32. The summed E-state index contributed by atoms with van der Waals surface area (Å²) in [6.45, 7) is 2.14. The maximum atomic E-state index is 11.9. The molecule has 0 aliphatic rings. The second-order valence-electron chi connectivity index (χ2n) is 4.39. The number of hydrogen-bond acceptors (Lipinski definition) is 4. The van der Waals surface area contributed by atoms with Crippen LogP contribution in [0, 0.1) is 18.8 Å². The highest BCUT2D eigenvalue weighted by atomic mass is 16.5.